The Labute approximate surface area is 125 Å². The van der Waals surface area contributed by atoms with Crippen molar-refractivity contribution in [3.8, 4) is 0 Å². The van der Waals surface area contributed by atoms with Crippen molar-refractivity contribution in [1.29, 1.82) is 0 Å². The highest BCUT2D eigenvalue weighted by Crippen LogP contribution is 2.33. The fraction of sp³-hybridized carbons (Fsp3) is 0.471. The van der Waals surface area contributed by atoms with Crippen LogP contribution in [-0.4, -0.2) is 12.6 Å². The second kappa shape index (κ2) is 7.49. The zero-order chi connectivity index (χ0) is 14.4. The molecule has 0 radical (unpaired) electrons. The smallest absolute Gasteiger partial charge is 0.306 e. The average Bonchev–Trinajstić information content (AvgIpc) is 3.27. The van der Waals surface area contributed by atoms with Crippen LogP contribution in [0.1, 0.15) is 44.6 Å². The normalized spacial score (nSPS) is 15.2. The number of ether oxygens (including phenoxy) is 1. The second-order valence-electron chi connectivity index (χ2n) is 5.35. The van der Waals surface area contributed by atoms with Crippen LogP contribution < -0.4 is 0 Å². The molecule has 0 aliphatic heterocycles. The lowest BCUT2D eigenvalue weighted by atomic mass is 10.1. The summed E-state index contributed by atoms with van der Waals surface area (Å²) in [6.07, 6.45) is 7.04. The monoisotopic (exact) mass is 292 g/mol. The largest absolute Gasteiger partial charge is 0.461 e. The maximum atomic E-state index is 11.6. The van der Waals surface area contributed by atoms with E-state index in [-0.39, 0.29) is 5.97 Å². The van der Waals surface area contributed by atoms with Crippen molar-refractivity contribution in [3.63, 3.8) is 0 Å². The van der Waals surface area contributed by atoms with Gasteiger partial charge in [-0.3, -0.25) is 4.79 Å². The van der Waals surface area contributed by atoms with Crippen LogP contribution in [0.2, 0.25) is 5.02 Å². The van der Waals surface area contributed by atoms with Crippen molar-refractivity contribution in [2.45, 2.75) is 39.0 Å². The molecule has 0 spiro atoms. The lowest BCUT2D eigenvalue weighted by Gasteiger charge is -2.07. The van der Waals surface area contributed by atoms with Crippen molar-refractivity contribution in [2.24, 2.45) is 5.92 Å². The summed E-state index contributed by atoms with van der Waals surface area (Å²) in [7, 11) is 0. The summed E-state index contributed by atoms with van der Waals surface area (Å²) in [5.74, 6) is 0.699. The SMILES string of the molecule is CCC(=Cc1ccc(Cl)cc1)COC(=O)CCC1CC1. The average molecular weight is 293 g/mol. The van der Waals surface area contributed by atoms with E-state index in [4.69, 9.17) is 16.3 Å². The van der Waals surface area contributed by atoms with E-state index in [0.717, 1.165) is 34.9 Å². The summed E-state index contributed by atoms with van der Waals surface area (Å²) in [6.45, 7) is 2.46. The fourth-order valence-electron chi connectivity index (χ4n) is 2.01. The first-order valence-corrected chi connectivity index (χ1v) is 7.66. The van der Waals surface area contributed by atoms with Crippen molar-refractivity contribution < 1.29 is 9.53 Å². The topological polar surface area (TPSA) is 26.3 Å². The molecule has 2 rings (SSSR count). The van der Waals surface area contributed by atoms with Crippen LogP contribution in [0.15, 0.2) is 29.8 Å². The molecule has 0 bridgehead atoms. The number of carbonyl (C=O) groups is 1. The lowest BCUT2D eigenvalue weighted by molar-refractivity contribution is -0.142. The molecular formula is C17H21ClO2. The van der Waals surface area contributed by atoms with E-state index < -0.39 is 0 Å². The van der Waals surface area contributed by atoms with E-state index in [1.54, 1.807) is 0 Å². The fourth-order valence-corrected chi connectivity index (χ4v) is 2.14. The molecule has 1 fully saturated rings. The van der Waals surface area contributed by atoms with Gasteiger partial charge in [-0.05, 0) is 42.0 Å². The molecule has 1 aliphatic rings. The van der Waals surface area contributed by atoms with Gasteiger partial charge in [0.1, 0.15) is 6.61 Å². The third-order valence-electron chi connectivity index (χ3n) is 3.57. The first-order valence-electron chi connectivity index (χ1n) is 7.28. The molecular weight excluding hydrogens is 272 g/mol. The standard InChI is InChI=1S/C17H21ClO2/c1-2-13(11-15-5-8-16(18)9-6-15)12-20-17(19)10-7-14-3-4-14/h5-6,8-9,11,14H,2-4,7,10,12H2,1H3. The van der Waals surface area contributed by atoms with Gasteiger partial charge in [0, 0.05) is 11.4 Å². The van der Waals surface area contributed by atoms with Crippen LogP contribution in [0.4, 0.5) is 0 Å². The van der Waals surface area contributed by atoms with Crippen LogP contribution in [0.3, 0.4) is 0 Å². The van der Waals surface area contributed by atoms with Gasteiger partial charge in [0.05, 0.1) is 0 Å². The Morgan fingerprint density at radius 2 is 2.05 bits per heavy atom. The number of hydrogen-bond acceptors (Lipinski definition) is 2. The summed E-state index contributed by atoms with van der Waals surface area (Å²) in [6, 6.07) is 7.66. The van der Waals surface area contributed by atoms with Gasteiger partial charge in [-0.15, -0.1) is 0 Å². The van der Waals surface area contributed by atoms with Gasteiger partial charge in [-0.25, -0.2) is 0 Å². The van der Waals surface area contributed by atoms with Gasteiger partial charge in [-0.2, -0.15) is 0 Å². The predicted octanol–water partition coefficient (Wildman–Crippen LogP) is 4.87. The molecule has 1 aromatic carbocycles. The van der Waals surface area contributed by atoms with Crippen LogP contribution in [0.25, 0.3) is 6.08 Å². The Morgan fingerprint density at radius 3 is 2.65 bits per heavy atom. The molecule has 1 aliphatic carbocycles. The molecule has 0 heterocycles. The third kappa shape index (κ3) is 5.38. The number of rotatable bonds is 7. The third-order valence-corrected chi connectivity index (χ3v) is 3.82. The van der Waals surface area contributed by atoms with E-state index in [0.29, 0.717) is 13.0 Å². The molecule has 3 heteroatoms. The molecule has 0 atom stereocenters. The van der Waals surface area contributed by atoms with Crippen LogP contribution in [0, 0.1) is 5.92 Å². The summed E-state index contributed by atoms with van der Waals surface area (Å²) in [5, 5.41) is 0.728. The van der Waals surface area contributed by atoms with E-state index in [1.807, 2.05) is 24.3 Å². The molecule has 20 heavy (non-hydrogen) atoms. The van der Waals surface area contributed by atoms with E-state index in [9.17, 15) is 4.79 Å². The molecule has 0 aromatic heterocycles. The summed E-state index contributed by atoms with van der Waals surface area (Å²) < 4.78 is 5.34. The Bertz CT molecular complexity index is 472. The molecule has 0 N–H and O–H groups in total. The summed E-state index contributed by atoms with van der Waals surface area (Å²) >= 11 is 5.86. The molecule has 0 saturated heterocycles. The van der Waals surface area contributed by atoms with Gasteiger partial charge in [-0.1, -0.05) is 49.6 Å². The van der Waals surface area contributed by atoms with Crippen LogP contribution in [0.5, 0.6) is 0 Å². The van der Waals surface area contributed by atoms with E-state index in [2.05, 4.69) is 13.0 Å². The predicted molar refractivity (Wildman–Crippen MR) is 82.6 cm³/mol. The second-order valence-corrected chi connectivity index (χ2v) is 5.79. The molecule has 1 aromatic rings. The lowest BCUT2D eigenvalue weighted by Crippen LogP contribution is -2.07. The maximum absolute atomic E-state index is 11.6. The highest BCUT2D eigenvalue weighted by Gasteiger charge is 2.22. The molecule has 0 unspecified atom stereocenters. The van der Waals surface area contributed by atoms with Crippen molar-refractivity contribution in [3.05, 3.63) is 40.4 Å². The van der Waals surface area contributed by atoms with Crippen molar-refractivity contribution in [1.82, 2.24) is 0 Å². The zero-order valence-corrected chi connectivity index (χ0v) is 12.7. The van der Waals surface area contributed by atoms with Crippen LogP contribution >= 0.6 is 11.6 Å². The number of hydrogen-bond donors (Lipinski definition) is 0. The van der Waals surface area contributed by atoms with Gasteiger partial charge in [0.25, 0.3) is 0 Å². The quantitative estimate of drug-likeness (QED) is 0.670. The van der Waals surface area contributed by atoms with Crippen molar-refractivity contribution >= 4 is 23.6 Å². The highest BCUT2D eigenvalue weighted by atomic mass is 35.5. The summed E-state index contributed by atoms with van der Waals surface area (Å²) in [5.41, 5.74) is 2.20. The molecule has 0 amide bonds. The van der Waals surface area contributed by atoms with E-state index in [1.165, 1.54) is 12.8 Å². The van der Waals surface area contributed by atoms with Crippen molar-refractivity contribution in [2.75, 3.05) is 6.61 Å². The Kier molecular flexibility index (Phi) is 5.66. The maximum Gasteiger partial charge on any atom is 0.306 e. The minimum Gasteiger partial charge on any atom is -0.461 e. The van der Waals surface area contributed by atoms with E-state index >= 15 is 0 Å². The van der Waals surface area contributed by atoms with Gasteiger partial charge < -0.3 is 4.74 Å². The molecule has 1 saturated carbocycles. The molecule has 108 valence electrons. The zero-order valence-electron chi connectivity index (χ0n) is 11.9. The number of halogens is 1. The first-order chi connectivity index (χ1) is 9.67. The minimum absolute atomic E-state index is 0.0765. The Morgan fingerprint density at radius 1 is 1.35 bits per heavy atom. The van der Waals surface area contributed by atoms with Gasteiger partial charge in [0.15, 0.2) is 0 Å². The number of benzene rings is 1. The Hall–Kier alpha value is -1.28. The minimum atomic E-state index is -0.0765. The highest BCUT2D eigenvalue weighted by molar-refractivity contribution is 6.30. The first kappa shape index (κ1) is 15.1. The number of carbonyl (C=O) groups excluding carboxylic acids is 1. The van der Waals surface area contributed by atoms with Crippen LogP contribution in [-0.2, 0) is 9.53 Å². The van der Waals surface area contributed by atoms with Gasteiger partial charge in [0.2, 0.25) is 0 Å². The molecule has 2 nitrogen and oxygen atoms in total. The number of esters is 1. The summed E-state index contributed by atoms with van der Waals surface area (Å²) in [4.78, 5) is 11.6. The Balaban J connectivity index is 1.81. The van der Waals surface area contributed by atoms with Gasteiger partial charge >= 0.3 is 5.97 Å².